The third kappa shape index (κ3) is 7.58. The van der Waals surface area contributed by atoms with E-state index in [1.54, 1.807) is 43.5 Å². The van der Waals surface area contributed by atoms with Crippen LogP contribution in [-0.2, 0) is 16.2 Å². The number of rotatable bonds is 10. The number of benzene rings is 3. The van der Waals surface area contributed by atoms with Gasteiger partial charge >= 0.3 is 0 Å². The summed E-state index contributed by atoms with van der Waals surface area (Å²) >= 11 is 5.93. The predicted molar refractivity (Wildman–Crippen MR) is 138 cm³/mol. The predicted octanol–water partition coefficient (Wildman–Crippen LogP) is 5.29. The normalized spacial score (nSPS) is 11.8. The SMILES string of the molecule is COc1ccc(NC(=O)C(C(=O)NN=Cc2ccccc2OCc2ccc(Cl)cc2)C(C)C)cc1. The van der Waals surface area contributed by atoms with E-state index in [1.807, 2.05) is 50.2 Å². The summed E-state index contributed by atoms with van der Waals surface area (Å²) in [7, 11) is 1.57. The highest BCUT2D eigenvalue weighted by Crippen LogP contribution is 2.20. The Balaban J connectivity index is 1.62. The highest BCUT2D eigenvalue weighted by Gasteiger charge is 2.30. The van der Waals surface area contributed by atoms with Crippen molar-refractivity contribution in [3.63, 3.8) is 0 Å². The second kappa shape index (κ2) is 12.6. The van der Waals surface area contributed by atoms with Gasteiger partial charge in [0.25, 0.3) is 5.91 Å². The van der Waals surface area contributed by atoms with Crippen molar-refractivity contribution >= 4 is 35.3 Å². The number of para-hydroxylation sites is 1. The van der Waals surface area contributed by atoms with Crippen molar-refractivity contribution in [2.24, 2.45) is 16.9 Å². The molecular weight excluding hydrogens is 466 g/mol. The van der Waals surface area contributed by atoms with Gasteiger partial charge in [0.05, 0.1) is 13.3 Å². The summed E-state index contributed by atoms with van der Waals surface area (Å²) in [6.45, 7) is 3.97. The first-order valence-electron chi connectivity index (χ1n) is 11.1. The molecule has 2 amide bonds. The number of amides is 2. The Kier molecular flexibility index (Phi) is 9.26. The molecule has 3 rings (SSSR count). The monoisotopic (exact) mass is 493 g/mol. The van der Waals surface area contributed by atoms with E-state index >= 15 is 0 Å². The largest absolute Gasteiger partial charge is 0.497 e. The lowest BCUT2D eigenvalue weighted by Crippen LogP contribution is -2.39. The number of halogens is 1. The van der Waals surface area contributed by atoms with Crippen molar-refractivity contribution in [2.75, 3.05) is 12.4 Å². The minimum atomic E-state index is -0.925. The summed E-state index contributed by atoms with van der Waals surface area (Å²) in [4.78, 5) is 25.6. The fourth-order valence-corrected chi connectivity index (χ4v) is 3.44. The summed E-state index contributed by atoms with van der Waals surface area (Å²) in [5.41, 5.74) is 4.71. The molecule has 2 N–H and O–H groups in total. The van der Waals surface area contributed by atoms with Gasteiger partial charge in [-0.2, -0.15) is 5.10 Å². The molecule has 0 saturated heterocycles. The molecular formula is C27H28ClN3O4. The molecule has 0 heterocycles. The molecule has 3 aromatic carbocycles. The molecule has 1 unspecified atom stereocenters. The first-order valence-corrected chi connectivity index (χ1v) is 11.5. The Hall–Kier alpha value is -3.84. The fourth-order valence-electron chi connectivity index (χ4n) is 3.31. The van der Waals surface area contributed by atoms with Crippen LogP contribution in [0.5, 0.6) is 11.5 Å². The highest BCUT2D eigenvalue weighted by atomic mass is 35.5. The maximum Gasteiger partial charge on any atom is 0.252 e. The maximum absolute atomic E-state index is 12.8. The number of hydrogen-bond donors (Lipinski definition) is 2. The van der Waals surface area contributed by atoms with Crippen molar-refractivity contribution in [2.45, 2.75) is 20.5 Å². The Morgan fingerprint density at radius 3 is 2.31 bits per heavy atom. The molecule has 0 radical (unpaired) electrons. The van der Waals surface area contributed by atoms with E-state index in [0.717, 1.165) is 5.56 Å². The van der Waals surface area contributed by atoms with Crippen LogP contribution in [0.3, 0.4) is 0 Å². The van der Waals surface area contributed by atoms with Gasteiger partial charge in [0, 0.05) is 16.3 Å². The Morgan fingerprint density at radius 2 is 1.66 bits per heavy atom. The van der Waals surface area contributed by atoms with Crippen LogP contribution in [0.15, 0.2) is 77.9 Å². The van der Waals surface area contributed by atoms with Gasteiger partial charge in [0.15, 0.2) is 0 Å². The highest BCUT2D eigenvalue weighted by molar-refractivity contribution is 6.30. The Morgan fingerprint density at radius 1 is 0.971 bits per heavy atom. The van der Waals surface area contributed by atoms with E-state index in [-0.39, 0.29) is 5.92 Å². The number of nitrogens with zero attached hydrogens (tertiary/aromatic N) is 1. The summed E-state index contributed by atoms with van der Waals surface area (Å²) in [5, 5.41) is 7.50. The van der Waals surface area contributed by atoms with Gasteiger partial charge < -0.3 is 14.8 Å². The number of carbonyl (C=O) groups excluding carboxylic acids is 2. The van der Waals surface area contributed by atoms with Crippen LogP contribution in [0.2, 0.25) is 5.02 Å². The topological polar surface area (TPSA) is 89.0 Å². The fraction of sp³-hybridized carbons (Fsp3) is 0.222. The average Bonchev–Trinajstić information content (AvgIpc) is 2.84. The molecule has 0 aliphatic carbocycles. The quantitative estimate of drug-likeness (QED) is 0.228. The second-order valence-corrected chi connectivity index (χ2v) is 8.56. The van der Waals surface area contributed by atoms with Gasteiger partial charge in [-0.3, -0.25) is 9.59 Å². The minimum Gasteiger partial charge on any atom is -0.497 e. The summed E-state index contributed by atoms with van der Waals surface area (Å²) < 4.78 is 11.0. The second-order valence-electron chi connectivity index (χ2n) is 8.13. The molecule has 0 bridgehead atoms. The van der Waals surface area contributed by atoms with Crippen LogP contribution < -0.4 is 20.2 Å². The zero-order chi connectivity index (χ0) is 25.2. The number of carbonyl (C=O) groups is 2. The molecule has 0 aliphatic heterocycles. The van der Waals surface area contributed by atoms with Crippen LogP contribution in [-0.4, -0.2) is 25.1 Å². The van der Waals surface area contributed by atoms with E-state index in [0.29, 0.717) is 34.4 Å². The zero-order valence-electron chi connectivity index (χ0n) is 19.8. The summed E-state index contributed by atoms with van der Waals surface area (Å²) in [6, 6.07) is 21.6. The van der Waals surface area contributed by atoms with Crippen LogP contribution >= 0.6 is 11.6 Å². The molecule has 0 aliphatic rings. The van der Waals surface area contributed by atoms with Gasteiger partial charge in [-0.15, -0.1) is 0 Å². The molecule has 7 nitrogen and oxygen atoms in total. The van der Waals surface area contributed by atoms with Gasteiger partial charge in [0.2, 0.25) is 5.91 Å². The molecule has 1 atom stereocenters. The first-order chi connectivity index (χ1) is 16.9. The maximum atomic E-state index is 12.8. The number of anilines is 1. The zero-order valence-corrected chi connectivity index (χ0v) is 20.6. The van der Waals surface area contributed by atoms with Crippen LogP contribution in [0, 0.1) is 11.8 Å². The number of ether oxygens (including phenoxy) is 2. The summed E-state index contributed by atoms with van der Waals surface area (Å²) in [6.07, 6.45) is 1.49. The molecule has 0 aromatic heterocycles. The molecule has 8 heteroatoms. The van der Waals surface area contributed by atoms with Crippen molar-refractivity contribution in [1.82, 2.24) is 5.43 Å². The standard InChI is InChI=1S/C27H28ClN3O4/c1-18(2)25(26(32)30-22-12-14-23(34-3)15-13-22)27(33)31-29-16-20-6-4-5-7-24(20)35-17-19-8-10-21(28)11-9-19/h4-16,18,25H,17H2,1-3H3,(H,30,32)(H,31,33). The number of methoxy groups -OCH3 is 1. The molecule has 0 saturated carbocycles. The molecule has 0 spiro atoms. The first kappa shape index (κ1) is 25.8. The van der Waals surface area contributed by atoms with E-state index in [1.165, 1.54) is 6.21 Å². The van der Waals surface area contributed by atoms with Crippen molar-refractivity contribution < 1.29 is 19.1 Å². The molecule has 35 heavy (non-hydrogen) atoms. The third-order valence-electron chi connectivity index (χ3n) is 5.19. The van der Waals surface area contributed by atoms with E-state index < -0.39 is 17.7 Å². The van der Waals surface area contributed by atoms with Gasteiger partial charge in [-0.25, -0.2) is 5.43 Å². The van der Waals surface area contributed by atoms with Crippen LogP contribution in [0.4, 0.5) is 5.69 Å². The van der Waals surface area contributed by atoms with Gasteiger partial charge in [-0.05, 0) is 60.0 Å². The van der Waals surface area contributed by atoms with E-state index in [2.05, 4.69) is 15.8 Å². The van der Waals surface area contributed by atoms with Crippen LogP contribution in [0.25, 0.3) is 0 Å². The van der Waals surface area contributed by atoms with Crippen molar-refractivity contribution in [3.05, 3.63) is 88.9 Å². The number of hydrogen-bond acceptors (Lipinski definition) is 5. The molecule has 3 aromatic rings. The van der Waals surface area contributed by atoms with Gasteiger partial charge in [-0.1, -0.05) is 49.7 Å². The van der Waals surface area contributed by atoms with Crippen molar-refractivity contribution in [1.29, 1.82) is 0 Å². The number of hydrazone groups is 1. The van der Waals surface area contributed by atoms with Crippen molar-refractivity contribution in [3.8, 4) is 11.5 Å². The molecule has 182 valence electrons. The third-order valence-corrected chi connectivity index (χ3v) is 5.45. The van der Waals surface area contributed by atoms with Gasteiger partial charge in [0.1, 0.15) is 24.0 Å². The number of nitrogens with one attached hydrogen (secondary N) is 2. The minimum absolute atomic E-state index is 0.238. The Labute approximate surface area is 210 Å². The lowest BCUT2D eigenvalue weighted by atomic mass is 9.94. The smallest absolute Gasteiger partial charge is 0.252 e. The van der Waals surface area contributed by atoms with Crippen LogP contribution in [0.1, 0.15) is 25.0 Å². The lowest BCUT2D eigenvalue weighted by Gasteiger charge is -2.18. The average molecular weight is 494 g/mol. The summed E-state index contributed by atoms with van der Waals surface area (Å²) in [5.74, 6) is -0.790. The van der Waals surface area contributed by atoms with E-state index in [4.69, 9.17) is 21.1 Å². The molecule has 0 fully saturated rings. The Bertz CT molecular complexity index is 1160. The van der Waals surface area contributed by atoms with E-state index in [9.17, 15) is 9.59 Å². The lowest BCUT2D eigenvalue weighted by molar-refractivity contribution is -0.134.